The molecule has 38 heavy (non-hydrogen) atoms. The van der Waals surface area contributed by atoms with Gasteiger partial charge in [-0.3, -0.25) is 9.36 Å². The van der Waals surface area contributed by atoms with Crippen molar-refractivity contribution < 1.29 is 28.5 Å². The van der Waals surface area contributed by atoms with Crippen molar-refractivity contribution in [2.75, 3.05) is 35.0 Å². The summed E-state index contributed by atoms with van der Waals surface area (Å²) >= 11 is 4.71. The number of rotatable bonds is 8. The third kappa shape index (κ3) is 4.95. The third-order valence-electron chi connectivity index (χ3n) is 6.03. The van der Waals surface area contributed by atoms with E-state index in [1.165, 1.54) is 23.0 Å². The monoisotopic (exact) mass is 602 g/mol. The van der Waals surface area contributed by atoms with Gasteiger partial charge in [-0.1, -0.05) is 17.4 Å². The summed E-state index contributed by atoms with van der Waals surface area (Å²) in [6.07, 6.45) is 1.74. The zero-order valence-corrected chi connectivity index (χ0v) is 24.2. The number of aromatic nitrogens is 1. The SMILES string of the molecule is CCOC(=O)C1=C(C)N=c2s/c(=C/c3cc(Br)c(OC)cc3OC)c(=O)n2C1c1ccc(OC)c(OC)c1. The summed E-state index contributed by atoms with van der Waals surface area (Å²) in [5, 5.41) is 0. The van der Waals surface area contributed by atoms with Gasteiger partial charge in [0.15, 0.2) is 16.3 Å². The Balaban J connectivity index is 1.98. The Bertz CT molecular complexity index is 1610. The standard InChI is InChI=1S/C27H27BrN2O7S/c1-7-37-26(32)23-14(2)29-27-30(24(23)15-8-9-18(33-3)21(11-15)36-6)25(31)22(38-27)12-16-10-17(28)20(35-5)13-19(16)34-4/h8-13,24H,7H2,1-6H3/b22-12+. The second-order valence-electron chi connectivity index (χ2n) is 8.15. The number of esters is 1. The van der Waals surface area contributed by atoms with Crippen LogP contribution in [0, 0.1) is 0 Å². The second-order valence-corrected chi connectivity index (χ2v) is 10.0. The molecule has 0 saturated heterocycles. The van der Waals surface area contributed by atoms with Gasteiger partial charge in [0.2, 0.25) is 0 Å². The van der Waals surface area contributed by atoms with Crippen LogP contribution in [0.25, 0.3) is 6.08 Å². The first-order chi connectivity index (χ1) is 18.3. The number of carbonyl (C=O) groups excluding carboxylic acids is 1. The van der Waals surface area contributed by atoms with E-state index in [1.807, 2.05) is 6.07 Å². The first-order valence-corrected chi connectivity index (χ1v) is 13.2. The van der Waals surface area contributed by atoms with Crippen molar-refractivity contribution >= 4 is 39.3 Å². The first-order valence-electron chi connectivity index (χ1n) is 11.6. The largest absolute Gasteiger partial charge is 0.496 e. The molecule has 0 radical (unpaired) electrons. The van der Waals surface area contributed by atoms with Crippen LogP contribution in [0.4, 0.5) is 0 Å². The maximum atomic E-state index is 13.9. The fourth-order valence-corrected chi connectivity index (χ4v) is 5.83. The Morgan fingerprint density at radius 3 is 2.34 bits per heavy atom. The first kappa shape index (κ1) is 27.5. The van der Waals surface area contributed by atoms with E-state index in [9.17, 15) is 9.59 Å². The minimum atomic E-state index is -0.781. The van der Waals surface area contributed by atoms with Gasteiger partial charge in [0.1, 0.15) is 11.5 Å². The zero-order valence-electron chi connectivity index (χ0n) is 21.8. The molecule has 11 heteroatoms. The molecule has 1 aliphatic heterocycles. The van der Waals surface area contributed by atoms with E-state index in [-0.39, 0.29) is 17.7 Å². The molecule has 0 fully saturated rings. The zero-order chi connectivity index (χ0) is 27.6. The summed E-state index contributed by atoms with van der Waals surface area (Å²) in [7, 11) is 6.18. The van der Waals surface area contributed by atoms with Crippen LogP contribution < -0.4 is 33.8 Å². The number of ether oxygens (including phenoxy) is 5. The molecule has 2 heterocycles. The van der Waals surface area contributed by atoms with Crippen LogP contribution in [0.5, 0.6) is 23.0 Å². The smallest absolute Gasteiger partial charge is 0.338 e. The van der Waals surface area contributed by atoms with E-state index in [1.54, 1.807) is 65.5 Å². The number of benzene rings is 2. The Kier molecular flexibility index (Phi) is 8.27. The molecule has 0 bridgehead atoms. The molecule has 200 valence electrons. The van der Waals surface area contributed by atoms with Gasteiger partial charge in [0, 0.05) is 11.6 Å². The number of halogens is 1. The van der Waals surface area contributed by atoms with E-state index in [0.717, 1.165) is 0 Å². The Morgan fingerprint density at radius 2 is 1.71 bits per heavy atom. The number of carbonyl (C=O) groups is 1. The summed E-state index contributed by atoms with van der Waals surface area (Å²) in [5.74, 6) is 1.60. The molecule has 0 aliphatic carbocycles. The highest BCUT2D eigenvalue weighted by molar-refractivity contribution is 9.10. The lowest BCUT2D eigenvalue weighted by atomic mass is 9.95. The van der Waals surface area contributed by atoms with Gasteiger partial charge in [-0.15, -0.1) is 0 Å². The lowest BCUT2D eigenvalue weighted by Gasteiger charge is -2.25. The highest BCUT2D eigenvalue weighted by Crippen LogP contribution is 2.36. The van der Waals surface area contributed by atoms with Crippen LogP contribution in [0.2, 0.25) is 0 Å². The van der Waals surface area contributed by atoms with E-state index in [0.29, 0.717) is 53.6 Å². The average Bonchev–Trinajstić information content (AvgIpc) is 3.21. The minimum Gasteiger partial charge on any atom is -0.496 e. The van der Waals surface area contributed by atoms with Crippen LogP contribution >= 0.6 is 27.3 Å². The molecule has 1 atom stereocenters. The summed E-state index contributed by atoms with van der Waals surface area (Å²) in [6.45, 7) is 3.65. The van der Waals surface area contributed by atoms with Crippen molar-refractivity contribution in [3.8, 4) is 23.0 Å². The molecule has 4 rings (SSSR count). The predicted molar refractivity (Wildman–Crippen MR) is 147 cm³/mol. The van der Waals surface area contributed by atoms with Crippen LogP contribution in [-0.2, 0) is 9.53 Å². The lowest BCUT2D eigenvalue weighted by Crippen LogP contribution is -2.40. The number of hydrogen-bond donors (Lipinski definition) is 0. The fraction of sp³-hybridized carbons (Fsp3) is 0.296. The molecule has 0 spiro atoms. The Labute approximate surface area is 231 Å². The van der Waals surface area contributed by atoms with Gasteiger partial charge in [0.25, 0.3) is 5.56 Å². The highest BCUT2D eigenvalue weighted by atomic mass is 79.9. The maximum Gasteiger partial charge on any atom is 0.338 e. The van der Waals surface area contributed by atoms with Gasteiger partial charge >= 0.3 is 5.97 Å². The van der Waals surface area contributed by atoms with Crippen LogP contribution in [0.15, 0.2) is 55.9 Å². The number of methoxy groups -OCH3 is 4. The fourth-order valence-electron chi connectivity index (χ4n) is 4.27. The van der Waals surface area contributed by atoms with E-state index in [2.05, 4.69) is 20.9 Å². The maximum absolute atomic E-state index is 13.9. The molecule has 1 aliphatic rings. The Morgan fingerprint density at radius 1 is 1.03 bits per heavy atom. The molecule has 2 aromatic carbocycles. The Hall–Kier alpha value is -3.57. The number of hydrogen-bond acceptors (Lipinski definition) is 9. The molecular formula is C27H27BrN2O7S. The molecule has 1 unspecified atom stereocenters. The number of allylic oxidation sites excluding steroid dienone is 1. The lowest BCUT2D eigenvalue weighted by molar-refractivity contribution is -0.139. The molecular weight excluding hydrogens is 576 g/mol. The van der Waals surface area contributed by atoms with Gasteiger partial charge < -0.3 is 23.7 Å². The molecule has 0 saturated carbocycles. The molecule has 3 aromatic rings. The van der Waals surface area contributed by atoms with Gasteiger partial charge in [-0.05, 0) is 59.6 Å². The van der Waals surface area contributed by atoms with Crippen molar-refractivity contribution in [1.82, 2.24) is 4.57 Å². The van der Waals surface area contributed by atoms with Gasteiger partial charge in [-0.25, -0.2) is 9.79 Å². The minimum absolute atomic E-state index is 0.185. The summed E-state index contributed by atoms with van der Waals surface area (Å²) in [4.78, 5) is 32.1. The van der Waals surface area contributed by atoms with Crippen molar-refractivity contribution in [1.29, 1.82) is 0 Å². The van der Waals surface area contributed by atoms with E-state index >= 15 is 0 Å². The normalized spacial score (nSPS) is 15.0. The van der Waals surface area contributed by atoms with Crippen LogP contribution in [0.1, 0.15) is 31.0 Å². The van der Waals surface area contributed by atoms with Gasteiger partial charge in [0.05, 0.1) is 61.4 Å². The topological polar surface area (TPSA) is 97.6 Å². The van der Waals surface area contributed by atoms with E-state index < -0.39 is 12.0 Å². The number of fused-ring (bicyclic) bond motifs is 1. The quantitative estimate of drug-likeness (QED) is 0.363. The van der Waals surface area contributed by atoms with Crippen molar-refractivity contribution in [2.24, 2.45) is 4.99 Å². The molecule has 0 amide bonds. The van der Waals surface area contributed by atoms with Crippen molar-refractivity contribution in [2.45, 2.75) is 19.9 Å². The second kappa shape index (κ2) is 11.4. The van der Waals surface area contributed by atoms with E-state index in [4.69, 9.17) is 23.7 Å². The molecule has 1 aromatic heterocycles. The van der Waals surface area contributed by atoms with Crippen LogP contribution in [-0.4, -0.2) is 45.6 Å². The third-order valence-corrected chi connectivity index (χ3v) is 7.63. The summed E-state index contributed by atoms with van der Waals surface area (Å²) in [6, 6.07) is 8.06. The number of thiazole rings is 1. The van der Waals surface area contributed by atoms with Crippen LogP contribution in [0.3, 0.4) is 0 Å². The molecule has 0 N–H and O–H groups in total. The average molecular weight is 603 g/mol. The highest BCUT2D eigenvalue weighted by Gasteiger charge is 2.34. The summed E-state index contributed by atoms with van der Waals surface area (Å²) < 4.78 is 29.8. The number of nitrogens with zero attached hydrogens (tertiary/aromatic N) is 2. The van der Waals surface area contributed by atoms with Crippen molar-refractivity contribution in [3.63, 3.8) is 0 Å². The van der Waals surface area contributed by atoms with Crippen molar-refractivity contribution in [3.05, 3.63) is 76.9 Å². The predicted octanol–water partition coefficient (Wildman–Crippen LogP) is 3.60. The molecule has 9 nitrogen and oxygen atoms in total. The summed E-state index contributed by atoms with van der Waals surface area (Å²) in [5.41, 5.74) is 1.77. The van der Waals surface area contributed by atoms with Gasteiger partial charge in [-0.2, -0.15) is 0 Å².